The van der Waals surface area contributed by atoms with Crippen molar-refractivity contribution in [3.63, 3.8) is 0 Å². The highest BCUT2D eigenvalue weighted by molar-refractivity contribution is 5.97. The second-order valence-electron chi connectivity index (χ2n) is 6.01. The van der Waals surface area contributed by atoms with E-state index in [-0.39, 0.29) is 0 Å². The monoisotopic (exact) mass is 257 g/mol. The van der Waals surface area contributed by atoms with Crippen molar-refractivity contribution in [3.8, 4) is 0 Å². The van der Waals surface area contributed by atoms with Gasteiger partial charge in [-0.2, -0.15) is 0 Å². The minimum Gasteiger partial charge on any atom is -0.347 e. The smallest absolute Gasteiger partial charge is 0.152 e. The van der Waals surface area contributed by atoms with Gasteiger partial charge in [0, 0.05) is 29.2 Å². The zero-order chi connectivity index (χ0) is 14.0. The van der Waals surface area contributed by atoms with Crippen LogP contribution in [0.15, 0.2) is 24.4 Å². The summed E-state index contributed by atoms with van der Waals surface area (Å²) >= 11 is 0. The summed E-state index contributed by atoms with van der Waals surface area (Å²) in [6, 6.07) is 6.44. The highest BCUT2D eigenvalue weighted by Crippen LogP contribution is 2.25. The van der Waals surface area contributed by atoms with Crippen molar-refractivity contribution in [2.24, 2.45) is 5.92 Å². The quantitative estimate of drug-likeness (QED) is 0.716. The largest absolute Gasteiger partial charge is 0.347 e. The molecule has 0 bridgehead atoms. The summed E-state index contributed by atoms with van der Waals surface area (Å²) in [5.41, 5.74) is 3.32. The fourth-order valence-electron chi connectivity index (χ4n) is 2.37. The fourth-order valence-corrected chi connectivity index (χ4v) is 2.37. The number of carbonyl (C=O) groups excluding carboxylic acids is 1. The van der Waals surface area contributed by atoms with Crippen LogP contribution in [0.1, 0.15) is 56.0 Å². The number of aldehydes is 1. The lowest BCUT2D eigenvalue weighted by atomic mass is 10.0. The molecular formula is C17H23NO. The van der Waals surface area contributed by atoms with E-state index < -0.39 is 0 Å². The second kappa shape index (κ2) is 5.60. The summed E-state index contributed by atoms with van der Waals surface area (Å²) in [7, 11) is 0. The first-order chi connectivity index (χ1) is 9.02. The lowest BCUT2D eigenvalue weighted by molar-refractivity contribution is 0.112. The predicted octanol–water partition coefficient (Wildman–Crippen LogP) is 4.62. The minimum atomic E-state index is 0.512. The molecule has 0 spiro atoms. The minimum absolute atomic E-state index is 0.512. The van der Waals surface area contributed by atoms with Crippen molar-refractivity contribution in [2.75, 3.05) is 0 Å². The zero-order valence-electron chi connectivity index (χ0n) is 12.3. The van der Waals surface area contributed by atoms with Crippen LogP contribution in [-0.2, 0) is 6.54 Å². The Bertz CT molecular complexity index is 578. The lowest BCUT2D eigenvalue weighted by Gasteiger charge is -2.10. The van der Waals surface area contributed by atoms with Crippen molar-refractivity contribution in [1.29, 1.82) is 0 Å². The van der Waals surface area contributed by atoms with Crippen molar-refractivity contribution in [1.82, 2.24) is 4.57 Å². The molecule has 1 heterocycles. The SMILES string of the molecule is CC(C)CCn1cc(C=O)c2ccc(C(C)C)cc21. The number of hydrogen-bond donors (Lipinski definition) is 0. The fraction of sp³-hybridized carbons (Fsp3) is 0.471. The molecule has 0 aliphatic heterocycles. The Morgan fingerprint density at radius 1 is 1.21 bits per heavy atom. The Labute approximate surface area is 115 Å². The molecule has 0 atom stereocenters. The van der Waals surface area contributed by atoms with Crippen molar-refractivity contribution in [3.05, 3.63) is 35.5 Å². The Balaban J connectivity index is 2.49. The Morgan fingerprint density at radius 2 is 1.95 bits per heavy atom. The van der Waals surface area contributed by atoms with E-state index in [1.807, 2.05) is 6.20 Å². The number of fused-ring (bicyclic) bond motifs is 1. The van der Waals surface area contributed by atoms with E-state index in [2.05, 4.69) is 50.5 Å². The van der Waals surface area contributed by atoms with Crippen LogP contribution < -0.4 is 0 Å². The first-order valence-electron chi connectivity index (χ1n) is 7.11. The number of hydrogen-bond acceptors (Lipinski definition) is 1. The Morgan fingerprint density at radius 3 is 2.53 bits per heavy atom. The van der Waals surface area contributed by atoms with Crippen LogP contribution in [0.5, 0.6) is 0 Å². The molecule has 0 amide bonds. The normalized spacial score (nSPS) is 11.7. The van der Waals surface area contributed by atoms with Crippen LogP contribution in [0.3, 0.4) is 0 Å². The molecule has 0 radical (unpaired) electrons. The molecule has 2 nitrogen and oxygen atoms in total. The highest BCUT2D eigenvalue weighted by atomic mass is 16.1. The number of nitrogens with zero attached hydrogens (tertiary/aromatic N) is 1. The zero-order valence-corrected chi connectivity index (χ0v) is 12.3. The average molecular weight is 257 g/mol. The summed E-state index contributed by atoms with van der Waals surface area (Å²) in [5, 5.41) is 1.07. The molecule has 1 aromatic heterocycles. The van der Waals surface area contributed by atoms with Crippen LogP contribution in [0, 0.1) is 5.92 Å². The van der Waals surface area contributed by atoms with E-state index in [4.69, 9.17) is 0 Å². The third-order valence-corrected chi connectivity index (χ3v) is 3.68. The molecule has 0 aliphatic rings. The molecule has 2 rings (SSSR count). The van der Waals surface area contributed by atoms with E-state index in [1.165, 1.54) is 11.1 Å². The van der Waals surface area contributed by atoms with Crippen molar-refractivity contribution in [2.45, 2.75) is 46.6 Å². The number of carbonyl (C=O) groups is 1. The van der Waals surface area contributed by atoms with E-state index in [0.29, 0.717) is 11.8 Å². The van der Waals surface area contributed by atoms with Gasteiger partial charge in [0.15, 0.2) is 6.29 Å². The number of aromatic nitrogens is 1. The third-order valence-electron chi connectivity index (χ3n) is 3.68. The summed E-state index contributed by atoms with van der Waals surface area (Å²) in [6.45, 7) is 9.83. The Kier molecular flexibility index (Phi) is 4.08. The molecular weight excluding hydrogens is 234 g/mol. The average Bonchev–Trinajstić information content (AvgIpc) is 2.73. The third kappa shape index (κ3) is 2.89. The molecule has 0 saturated carbocycles. The predicted molar refractivity (Wildman–Crippen MR) is 80.9 cm³/mol. The van der Waals surface area contributed by atoms with Gasteiger partial charge >= 0.3 is 0 Å². The maximum atomic E-state index is 11.2. The van der Waals surface area contributed by atoms with E-state index in [1.54, 1.807) is 0 Å². The van der Waals surface area contributed by atoms with E-state index in [0.717, 1.165) is 30.2 Å². The van der Waals surface area contributed by atoms with Crippen LogP contribution in [0.2, 0.25) is 0 Å². The van der Waals surface area contributed by atoms with Crippen molar-refractivity contribution >= 4 is 17.2 Å². The molecule has 0 unspecified atom stereocenters. The molecule has 0 saturated heterocycles. The maximum Gasteiger partial charge on any atom is 0.152 e. The molecule has 1 aromatic carbocycles. The van der Waals surface area contributed by atoms with E-state index >= 15 is 0 Å². The van der Waals surface area contributed by atoms with Gasteiger partial charge in [-0.3, -0.25) is 4.79 Å². The molecule has 2 aromatic rings. The molecule has 19 heavy (non-hydrogen) atoms. The van der Waals surface area contributed by atoms with Crippen LogP contribution in [0.4, 0.5) is 0 Å². The Hall–Kier alpha value is -1.57. The molecule has 0 fully saturated rings. The maximum absolute atomic E-state index is 11.2. The lowest BCUT2D eigenvalue weighted by Crippen LogP contribution is -2.00. The van der Waals surface area contributed by atoms with Gasteiger partial charge in [-0.1, -0.05) is 39.8 Å². The number of rotatable bonds is 5. The van der Waals surface area contributed by atoms with Gasteiger partial charge in [0.05, 0.1) is 0 Å². The van der Waals surface area contributed by atoms with E-state index in [9.17, 15) is 4.79 Å². The van der Waals surface area contributed by atoms with Gasteiger partial charge in [0.2, 0.25) is 0 Å². The second-order valence-corrected chi connectivity index (χ2v) is 6.01. The molecule has 0 aliphatic carbocycles. The van der Waals surface area contributed by atoms with Crippen LogP contribution >= 0.6 is 0 Å². The summed E-state index contributed by atoms with van der Waals surface area (Å²) in [5.74, 6) is 1.18. The molecule has 2 heteroatoms. The van der Waals surface area contributed by atoms with Gasteiger partial charge in [-0.15, -0.1) is 0 Å². The van der Waals surface area contributed by atoms with Gasteiger partial charge in [0.1, 0.15) is 0 Å². The van der Waals surface area contributed by atoms with Crippen LogP contribution in [-0.4, -0.2) is 10.9 Å². The number of benzene rings is 1. The van der Waals surface area contributed by atoms with Gasteiger partial charge in [0.25, 0.3) is 0 Å². The molecule has 102 valence electrons. The first kappa shape index (κ1) is 13.9. The van der Waals surface area contributed by atoms with Gasteiger partial charge in [-0.25, -0.2) is 0 Å². The standard InChI is InChI=1S/C17H23NO/c1-12(2)7-8-18-10-15(11-19)16-6-5-14(13(3)4)9-17(16)18/h5-6,9-13H,7-8H2,1-4H3. The highest BCUT2D eigenvalue weighted by Gasteiger charge is 2.10. The summed E-state index contributed by atoms with van der Waals surface area (Å²) in [4.78, 5) is 11.2. The topological polar surface area (TPSA) is 22.0 Å². The van der Waals surface area contributed by atoms with Gasteiger partial charge < -0.3 is 4.57 Å². The van der Waals surface area contributed by atoms with Crippen LogP contribution in [0.25, 0.3) is 10.9 Å². The van der Waals surface area contributed by atoms with Gasteiger partial charge in [-0.05, 0) is 29.9 Å². The number of aryl methyl sites for hydroxylation is 1. The summed E-state index contributed by atoms with van der Waals surface area (Å²) < 4.78 is 2.23. The summed E-state index contributed by atoms with van der Waals surface area (Å²) in [6.07, 6.45) is 4.08. The van der Waals surface area contributed by atoms with Crippen molar-refractivity contribution < 1.29 is 4.79 Å². The first-order valence-corrected chi connectivity index (χ1v) is 7.11. The molecule has 0 N–H and O–H groups in total.